The Labute approximate surface area is 139 Å². The SMILES string of the molecule is CCc1ccc(OCC(=O)N/N=C\c2ccccc2)c([N+](=O)[O-])c1. The van der Waals surface area contributed by atoms with Gasteiger partial charge < -0.3 is 4.74 Å². The van der Waals surface area contributed by atoms with Crippen LogP contribution in [-0.2, 0) is 11.2 Å². The Morgan fingerprint density at radius 1 is 1.29 bits per heavy atom. The van der Waals surface area contributed by atoms with E-state index in [4.69, 9.17) is 4.74 Å². The van der Waals surface area contributed by atoms with Gasteiger partial charge >= 0.3 is 5.69 Å². The first-order valence-corrected chi connectivity index (χ1v) is 7.37. The zero-order chi connectivity index (χ0) is 17.4. The summed E-state index contributed by atoms with van der Waals surface area (Å²) in [6, 6.07) is 13.9. The second kappa shape index (κ2) is 8.42. The second-order valence-corrected chi connectivity index (χ2v) is 4.91. The van der Waals surface area contributed by atoms with Crippen LogP contribution in [0.3, 0.4) is 0 Å². The van der Waals surface area contributed by atoms with E-state index in [1.807, 2.05) is 37.3 Å². The van der Waals surface area contributed by atoms with Crippen LogP contribution in [0.4, 0.5) is 5.69 Å². The van der Waals surface area contributed by atoms with E-state index in [0.717, 1.165) is 11.1 Å². The molecule has 0 unspecified atom stereocenters. The molecule has 2 aromatic rings. The molecule has 7 heteroatoms. The van der Waals surface area contributed by atoms with Gasteiger partial charge in [0.25, 0.3) is 5.91 Å². The van der Waals surface area contributed by atoms with Crippen molar-refractivity contribution in [2.24, 2.45) is 5.10 Å². The van der Waals surface area contributed by atoms with Gasteiger partial charge in [-0.2, -0.15) is 5.10 Å². The van der Waals surface area contributed by atoms with E-state index in [2.05, 4.69) is 10.5 Å². The average Bonchev–Trinajstić information content (AvgIpc) is 2.60. The lowest BCUT2D eigenvalue weighted by Crippen LogP contribution is -2.24. The van der Waals surface area contributed by atoms with Crippen LogP contribution >= 0.6 is 0 Å². The van der Waals surface area contributed by atoms with Crippen molar-refractivity contribution in [1.82, 2.24) is 5.43 Å². The lowest BCUT2D eigenvalue weighted by Gasteiger charge is -2.07. The summed E-state index contributed by atoms with van der Waals surface area (Å²) in [5, 5.41) is 14.9. The van der Waals surface area contributed by atoms with Crippen LogP contribution in [0.25, 0.3) is 0 Å². The first kappa shape index (κ1) is 17.1. The number of benzene rings is 2. The topological polar surface area (TPSA) is 93.8 Å². The number of carbonyl (C=O) groups is 1. The lowest BCUT2D eigenvalue weighted by atomic mass is 10.1. The molecule has 24 heavy (non-hydrogen) atoms. The fourth-order valence-electron chi connectivity index (χ4n) is 1.94. The number of carbonyl (C=O) groups excluding carboxylic acids is 1. The molecule has 0 atom stereocenters. The highest BCUT2D eigenvalue weighted by Gasteiger charge is 2.16. The van der Waals surface area contributed by atoms with Crippen LogP contribution in [-0.4, -0.2) is 23.7 Å². The number of amides is 1. The number of ether oxygens (including phenoxy) is 1. The number of nitro groups is 1. The third-order valence-electron chi connectivity index (χ3n) is 3.19. The number of nitrogens with zero attached hydrogens (tertiary/aromatic N) is 2. The number of nitrogens with one attached hydrogen (secondary N) is 1. The van der Waals surface area contributed by atoms with Crippen molar-refractivity contribution in [2.75, 3.05) is 6.61 Å². The van der Waals surface area contributed by atoms with Crippen LogP contribution in [0.1, 0.15) is 18.1 Å². The molecular weight excluding hydrogens is 310 g/mol. The molecule has 1 N–H and O–H groups in total. The minimum absolute atomic E-state index is 0.0550. The number of aryl methyl sites for hydroxylation is 1. The second-order valence-electron chi connectivity index (χ2n) is 4.91. The fourth-order valence-corrected chi connectivity index (χ4v) is 1.94. The van der Waals surface area contributed by atoms with E-state index < -0.39 is 10.8 Å². The van der Waals surface area contributed by atoms with Gasteiger partial charge in [0, 0.05) is 6.07 Å². The van der Waals surface area contributed by atoms with Crippen molar-refractivity contribution >= 4 is 17.8 Å². The summed E-state index contributed by atoms with van der Waals surface area (Å²) in [6.07, 6.45) is 2.17. The maximum absolute atomic E-state index is 11.7. The van der Waals surface area contributed by atoms with Crippen molar-refractivity contribution in [2.45, 2.75) is 13.3 Å². The Morgan fingerprint density at radius 3 is 2.71 bits per heavy atom. The molecule has 124 valence electrons. The highest BCUT2D eigenvalue weighted by atomic mass is 16.6. The molecule has 0 spiro atoms. The number of hydrogen-bond donors (Lipinski definition) is 1. The molecule has 0 fully saturated rings. The maximum Gasteiger partial charge on any atom is 0.311 e. The summed E-state index contributed by atoms with van der Waals surface area (Å²) in [7, 11) is 0. The standard InChI is InChI=1S/C17H17N3O4/c1-2-13-8-9-16(15(10-13)20(22)23)24-12-17(21)19-18-11-14-6-4-3-5-7-14/h3-11H,2,12H2,1H3,(H,19,21)/b18-11-. The fraction of sp³-hybridized carbons (Fsp3) is 0.176. The Morgan fingerprint density at radius 2 is 2.04 bits per heavy atom. The maximum atomic E-state index is 11.7. The van der Waals surface area contributed by atoms with Gasteiger partial charge in [-0.15, -0.1) is 0 Å². The molecule has 0 aliphatic rings. The molecule has 0 aliphatic carbocycles. The summed E-state index contributed by atoms with van der Waals surface area (Å²) in [4.78, 5) is 22.2. The largest absolute Gasteiger partial charge is 0.477 e. The number of nitro benzene ring substituents is 1. The monoisotopic (exact) mass is 327 g/mol. The molecule has 0 heterocycles. The van der Waals surface area contributed by atoms with Gasteiger partial charge in [0.2, 0.25) is 0 Å². The van der Waals surface area contributed by atoms with Gasteiger partial charge in [-0.25, -0.2) is 5.43 Å². The highest BCUT2D eigenvalue weighted by molar-refractivity contribution is 5.82. The van der Waals surface area contributed by atoms with Crippen LogP contribution in [0.5, 0.6) is 5.75 Å². The molecule has 7 nitrogen and oxygen atoms in total. The predicted octanol–water partition coefficient (Wildman–Crippen LogP) is 2.69. The third kappa shape index (κ3) is 4.91. The zero-order valence-electron chi connectivity index (χ0n) is 13.1. The van der Waals surface area contributed by atoms with Crippen molar-refractivity contribution < 1.29 is 14.5 Å². The zero-order valence-corrected chi connectivity index (χ0v) is 13.1. The van der Waals surface area contributed by atoms with E-state index in [-0.39, 0.29) is 18.0 Å². The smallest absolute Gasteiger partial charge is 0.311 e. The average molecular weight is 327 g/mol. The van der Waals surface area contributed by atoms with E-state index in [1.54, 1.807) is 6.07 Å². The predicted molar refractivity (Wildman–Crippen MR) is 90.1 cm³/mol. The molecular formula is C17H17N3O4. The van der Waals surface area contributed by atoms with Gasteiger partial charge in [-0.3, -0.25) is 14.9 Å². The Hall–Kier alpha value is -3.22. The Kier molecular flexibility index (Phi) is 6.01. The van der Waals surface area contributed by atoms with Crippen LogP contribution in [0.15, 0.2) is 53.6 Å². The van der Waals surface area contributed by atoms with Crippen molar-refractivity contribution in [3.05, 3.63) is 69.8 Å². The van der Waals surface area contributed by atoms with Crippen molar-refractivity contribution in [1.29, 1.82) is 0 Å². The Bertz CT molecular complexity index is 745. The summed E-state index contributed by atoms with van der Waals surface area (Å²) < 4.78 is 5.23. The molecule has 0 radical (unpaired) electrons. The number of rotatable bonds is 7. The molecule has 2 aromatic carbocycles. The molecule has 0 aliphatic heterocycles. The normalized spacial score (nSPS) is 10.5. The molecule has 1 amide bonds. The van der Waals surface area contributed by atoms with Crippen molar-refractivity contribution in [3.8, 4) is 5.75 Å². The highest BCUT2D eigenvalue weighted by Crippen LogP contribution is 2.28. The van der Waals surface area contributed by atoms with Gasteiger partial charge in [0.05, 0.1) is 11.1 Å². The minimum Gasteiger partial charge on any atom is -0.477 e. The molecule has 0 saturated carbocycles. The first-order valence-electron chi connectivity index (χ1n) is 7.37. The molecule has 0 bridgehead atoms. The summed E-state index contributed by atoms with van der Waals surface area (Å²) in [5.41, 5.74) is 3.81. The van der Waals surface area contributed by atoms with E-state index >= 15 is 0 Å². The quantitative estimate of drug-likeness (QED) is 0.480. The van der Waals surface area contributed by atoms with Gasteiger partial charge in [0.15, 0.2) is 12.4 Å². The molecule has 0 aromatic heterocycles. The minimum atomic E-state index is -0.528. The molecule has 2 rings (SSSR count). The third-order valence-corrected chi connectivity index (χ3v) is 3.19. The summed E-state index contributed by atoms with van der Waals surface area (Å²) in [5.74, 6) is -0.449. The first-order chi connectivity index (χ1) is 11.6. The Balaban J connectivity index is 1.92. The van der Waals surface area contributed by atoms with Gasteiger partial charge in [0.1, 0.15) is 0 Å². The number of hydrogen-bond acceptors (Lipinski definition) is 5. The van der Waals surface area contributed by atoms with E-state index in [9.17, 15) is 14.9 Å². The van der Waals surface area contributed by atoms with Crippen LogP contribution in [0, 0.1) is 10.1 Å². The lowest BCUT2D eigenvalue weighted by molar-refractivity contribution is -0.385. The van der Waals surface area contributed by atoms with Crippen LogP contribution in [0.2, 0.25) is 0 Å². The van der Waals surface area contributed by atoms with E-state index in [1.165, 1.54) is 18.3 Å². The van der Waals surface area contributed by atoms with Gasteiger partial charge in [-0.05, 0) is 23.6 Å². The summed E-state index contributed by atoms with van der Waals surface area (Å²) in [6.45, 7) is 1.54. The number of hydrazone groups is 1. The van der Waals surface area contributed by atoms with Gasteiger partial charge in [-0.1, -0.05) is 43.3 Å². The molecule has 0 saturated heterocycles. The summed E-state index contributed by atoms with van der Waals surface area (Å²) >= 11 is 0. The van der Waals surface area contributed by atoms with Crippen molar-refractivity contribution in [3.63, 3.8) is 0 Å². The van der Waals surface area contributed by atoms with Crippen LogP contribution < -0.4 is 10.2 Å². The van der Waals surface area contributed by atoms with E-state index in [0.29, 0.717) is 6.42 Å².